The van der Waals surface area contributed by atoms with Gasteiger partial charge < -0.3 is 23.8 Å². The number of fused-ring (bicyclic) bond motifs is 1. The number of rotatable bonds is 8. The van der Waals surface area contributed by atoms with Gasteiger partial charge in [0.15, 0.2) is 23.0 Å². The highest BCUT2D eigenvalue weighted by molar-refractivity contribution is 6.32. The number of methoxy groups -OCH3 is 1. The van der Waals surface area contributed by atoms with Crippen molar-refractivity contribution in [3.63, 3.8) is 0 Å². The van der Waals surface area contributed by atoms with Crippen LogP contribution >= 0.6 is 11.6 Å². The zero-order valence-electron chi connectivity index (χ0n) is 17.4. The average molecular weight is 432 g/mol. The molecule has 0 aromatic heterocycles. The Bertz CT molecular complexity index is 928. The van der Waals surface area contributed by atoms with Crippen molar-refractivity contribution >= 4 is 23.6 Å². The van der Waals surface area contributed by atoms with Crippen molar-refractivity contribution in [2.24, 2.45) is 0 Å². The summed E-state index contributed by atoms with van der Waals surface area (Å²) in [5, 5.41) is 0.434. The van der Waals surface area contributed by atoms with Gasteiger partial charge in [0.2, 0.25) is 5.91 Å². The van der Waals surface area contributed by atoms with Crippen LogP contribution in [0.2, 0.25) is 5.02 Å². The van der Waals surface area contributed by atoms with Gasteiger partial charge in [-0.15, -0.1) is 0 Å². The Balaban J connectivity index is 1.76. The second-order valence-electron chi connectivity index (χ2n) is 6.59. The molecule has 3 rings (SSSR count). The van der Waals surface area contributed by atoms with Crippen LogP contribution in [0.15, 0.2) is 36.4 Å². The van der Waals surface area contributed by atoms with Crippen LogP contribution in [0, 0.1) is 0 Å². The van der Waals surface area contributed by atoms with Gasteiger partial charge in [0.25, 0.3) is 0 Å². The summed E-state index contributed by atoms with van der Waals surface area (Å²) in [5.41, 5.74) is 1.67. The molecule has 0 N–H and O–H groups in total. The fourth-order valence-corrected chi connectivity index (χ4v) is 3.48. The van der Waals surface area contributed by atoms with Crippen LogP contribution in [-0.2, 0) is 11.3 Å². The Kier molecular flexibility index (Phi) is 7.46. The molecule has 0 saturated carbocycles. The van der Waals surface area contributed by atoms with Crippen LogP contribution in [-0.4, -0.2) is 44.3 Å². The first-order valence-corrected chi connectivity index (χ1v) is 10.3. The van der Waals surface area contributed by atoms with Gasteiger partial charge in [-0.1, -0.05) is 23.7 Å². The minimum absolute atomic E-state index is 0.115. The summed E-state index contributed by atoms with van der Waals surface area (Å²) in [7, 11) is 1.55. The largest absolute Gasteiger partial charge is 0.493 e. The predicted molar refractivity (Wildman–Crippen MR) is 117 cm³/mol. The zero-order valence-corrected chi connectivity index (χ0v) is 18.2. The van der Waals surface area contributed by atoms with E-state index in [2.05, 4.69) is 0 Å². The Labute approximate surface area is 181 Å². The van der Waals surface area contributed by atoms with E-state index in [-0.39, 0.29) is 5.91 Å². The minimum Gasteiger partial charge on any atom is -0.493 e. The van der Waals surface area contributed by atoms with E-state index in [0.29, 0.717) is 60.9 Å². The van der Waals surface area contributed by atoms with Crippen LogP contribution in [0.25, 0.3) is 6.08 Å². The van der Waals surface area contributed by atoms with Crippen molar-refractivity contribution in [3.8, 4) is 23.0 Å². The Morgan fingerprint density at radius 2 is 2.03 bits per heavy atom. The summed E-state index contributed by atoms with van der Waals surface area (Å²) in [6.45, 7) is 6.32. The molecule has 160 valence electrons. The highest BCUT2D eigenvalue weighted by Crippen LogP contribution is 2.37. The molecular weight excluding hydrogens is 406 g/mol. The number of halogens is 1. The van der Waals surface area contributed by atoms with Crippen molar-refractivity contribution in [2.45, 2.75) is 20.4 Å². The monoisotopic (exact) mass is 431 g/mol. The minimum atomic E-state index is -0.115. The molecule has 0 aliphatic carbocycles. The normalized spacial score (nSPS) is 12.7. The fourth-order valence-electron chi connectivity index (χ4n) is 3.20. The number of hydrogen-bond donors (Lipinski definition) is 0. The number of benzene rings is 2. The molecule has 6 nitrogen and oxygen atoms in total. The van der Waals surface area contributed by atoms with Crippen molar-refractivity contribution in [3.05, 3.63) is 52.6 Å². The highest BCUT2D eigenvalue weighted by Gasteiger charge is 2.19. The number of likely N-dealkylation sites (N-methyl/N-ethyl adjacent to an activating group) is 1. The van der Waals surface area contributed by atoms with Crippen LogP contribution < -0.4 is 18.9 Å². The highest BCUT2D eigenvalue weighted by atomic mass is 35.5. The van der Waals surface area contributed by atoms with E-state index in [1.54, 1.807) is 30.2 Å². The topological polar surface area (TPSA) is 57.2 Å². The fraction of sp³-hybridized carbons (Fsp3) is 0.348. The molecule has 0 fully saturated rings. The molecule has 0 spiro atoms. The summed E-state index contributed by atoms with van der Waals surface area (Å²) in [6.07, 6.45) is 3.25. The van der Waals surface area contributed by atoms with Gasteiger partial charge in [-0.05, 0) is 43.7 Å². The van der Waals surface area contributed by atoms with E-state index in [9.17, 15) is 4.79 Å². The van der Waals surface area contributed by atoms with Crippen molar-refractivity contribution < 1.29 is 23.7 Å². The van der Waals surface area contributed by atoms with Gasteiger partial charge in [0.05, 0.1) is 18.7 Å². The van der Waals surface area contributed by atoms with Crippen molar-refractivity contribution in [2.75, 3.05) is 33.5 Å². The Morgan fingerprint density at radius 3 is 2.77 bits per heavy atom. The summed E-state index contributed by atoms with van der Waals surface area (Å²) in [6, 6.07) is 9.26. The zero-order chi connectivity index (χ0) is 21.5. The van der Waals surface area contributed by atoms with Crippen LogP contribution in [0.3, 0.4) is 0 Å². The lowest BCUT2D eigenvalue weighted by atomic mass is 10.1. The third kappa shape index (κ3) is 5.00. The summed E-state index contributed by atoms with van der Waals surface area (Å²) in [5.74, 6) is 2.33. The molecule has 7 heteroatoms. The predicted octanol–water partition coefficient (Wildman–Crippen LogP) is 4.58. The lowest BCUT2D eigenvalue weighted by molar-refractivity contribution is -0.126. The lowest BCUT2D eigenvalue weighted by Gasteiger charge is -2.24. The molecular formula is C23H26ClNO5. The van der Waals surface area contributed by atoms with Crippen molar-refractivity contribution in [1.29, 1.82) is 0 Å². The first kappa shape index (κ1) is 21.8. The third-order valence-corrected chi connectivity index (χ3v) is 4.94. The molecule has 0 radical (unpaired) electrons. The standard InChI is InChI=1S/C23H26ClNO5/c1-4-25(15-17-7-6-8-19-22(17)30-12-11-29-19)21(26)10-9-16-13-18(24)23(28-5-2)20(14-16)27-3/h6-10,13-14H,4-5,11-12,15H2,1-3H3/b10-9+. The summed E-state index contributed by atoms with van der Waals surface area (Å²) in [4.78, 5) is 14.5. The van der Waals surface area contributed by atoms with E-state index in [1.807, 2.05) is 32.0 Å². The number of amides is 1. The maximum Gasteiger partial charge on any atom is 0.246 e. The maximum atomic E-state index is 12.8. The lowest BCUT2D eigenvalue weighted by Crippen LogP contribution is -2.29. The SMILES string of the molecule is CCOc1c(Cl)cc(/C=C/C(=O)N(CC)Cc2cccc3c2OCCO3)cc1OC. The average Bonchev–Trinajstić information content (AvgIpc) is 2.77. The van der Waals surface area contributed by atoms with Crippen LogP contribution in [0.5, 0.6) is 23.0 Å². The molecule has 30 heavy (non-hydrogen) atoms. The second kappa shape index (κ2) is 10.3. The molecule has 2 aromatic rings. The van der Waals surface area contributed by atoms with Gasteiger partial charge in [-0.3, -0.25) is 4.79 Å². The Hall–Kier alpha value is -2.86. The van der Waals surface area contributed by atoms with Gasteiger partial charge in [-0.2, -0.15) is 0 Å². The second-order valence-corrected chi connectivity index (χ2v) is 7.00. The summed E-state index contributed by atoms with van der Waals surface area (Å²) >= 11 is 6.31. The van der Waals surface area contributed by atoms with Crippen molar-refractivity contribution in [1.82, 2.24) is 4.90 Å². The first-order valence-electron chi connectivity index (χ1n) is 9.92. The quantitative estimate of drug-likeness (QED) is 0.572. The molecule has 0 unspecified atom stereocenters. The number of hydrogen-bond acceptors (Lipinski definition) is 5. The molecule has 0 bridgehead atoms. The summed E-state index contributed by atoms with van der Waals surface area (Å²) < 4.78 is 22.3. The van der Waals surface area contributed by atoms with E-state index in [0.717, 1.165) is 11.1 Å². The number of nitrogens with zero attached hydrogens (tertiary/aromatic N) is 1. The molecule has 1 aliphatic rings. The van der Waals surface area contributed by atoms with E-state index in [1.165, 1.54) is 6.08 Å². The maximum absolute atomic E-state index is 12.8. The number of ether oxygens (including phenoxy) is 4. The molecule has 0 saturated heterocycles. The molecule has 1 amide bonds. The van der Waals surface area contributed by atoms with Gasteiger partial charge in [0, 0.05) is 24.7 Å². The van der Waals surface area contributed by atoms with E-state index >= 15 is 0 Å². The third-order valence-electron chi connectivity index (χ3n) is 4.66. The molecule has 1 aliphatic heterocycles. The van der Waals surface area contributed by atoms with E-state index in [4.69, 9.17) is 30.5 Å². The number of carbonyl (C=O) groups excluding carboxylic acids is 1. The number of carbonyl (C=O) groups is 1. The molecule has 0 atom stereocenters. The van der Waals surface area contributed by atoms with Gasteiger partial charge >= 0.3 is 0 Å². The molecule has 2 aromatic carbocycles. The van der Waals surface area contributed by atoms with Crippen LogP contribution in [0.1, 0.15) is 25.0 Å². The number of para-hydroxylation sites is 1. The molecule has 1 heterocycles. The van der Waals surface area contributed by atoms with Gasteiger partial charge in [-0.25, -0.2) is 0 Å². The van der Waals surface area contributed by atoms with Gasteiger partial charge in [0.1, 0.15) is 13.2 Å². The Morgan fingerprint density at radius 1 is 1.23 bits per heavy atom. The first-order chi connectivity index (χ1) is 14.6. The van der Waals surface area contributed by atoms with E-state index < -0.39 is 0 Å². The van der Waals surface area contributed by atoms with Crippen LogP contribution in [0.4, 0.5) is 0 Å². The smallest absolute Gasteiger partial charge is 0.246 e.